The van der Waals surface area contributed by atoms with E-state index in [4.69, 9.17) is 14.2 Å². The van der Waals surface area contributed by atoms with Gasteiger partial charge in [-0.25, -0.2) is 5.43 Å². The van der Waals surface area contributed by atoms with Gasteiger partial charge in [0.2, 0.25) is 0 Å². The second kappa shape index (κ2) is 10.5. The number of hydrogen-bond acceptors (Lipinski definition) is 8. The standard InChI is InChI=1S/C21H23N5O4S/c1-14-23-25-21(26(14)16-8-6-5-7-9-16)31-13-20(27)24-22-12-15-10-18(29-3)19(30-4)11-17(15)28-2/h5-12H,13H2,1-4H3,(H,24,27)/b22-12+. The summed E-state index contributed by atoms with van der Waals surface area (Å²) in [4.78, 5) is 12.3. The molecule has 31 heavy (non-hydrogen) atoms. The largest absolute Gasteiger partial charge is 0.496 e. The van der Waals surface area contributed by atoms with Crippen LogP contribution >= 0.6 is 11.8 Å². The molecule has 0 aliphatic rings. The zero-order valence-corrected chi connectivity index (χ0v) is 18.5. The number of rotatable bonds is 9. The molecule has 162 valence electrons. The Morgan fingerprint density at radius 3 is 2.42 bits per heavy atom. The highest BCUT2D eigenvalue weighted by Gasteiger charge is 2.13. The number of hydrogen-bond donors (Lipinski definition) is 1. The van der Waals surface area contributed by atoms with Gasteiger partial charge in [-0.05, 0) is 25.1 Å². The number of methoxy groups -OCH3 is 3. The Labute approximate surface area is 184 Å². The van der Waals surface area contributed by atoms with E-state index in [-0.39, 0.29) is 11.7 Å². The maximum absolute atomic E-state index is 12.3. The fraction of sp³-hybridized carbons (Fsp3) is 0.238. The highest BCUT2D eigenvalue weighted by atomic mass is 32.2. The van der Waals surface area contributed by atoms with Gasteiger partial charge in [0.25, 0.3) is 5.91 Å². The summed E-state index contributed by atoms with van der Waals surface area (Å²) >= 11 is 1.28. The number of amides is 1. The molecule has 0 atom stereocenters. The number of ether oxygens (including phenoxy) is 3. The average molecular weight is 442 g/mol. The van der Waals surface area contributed by atoms with Crippen molar-refractivity contribution in [1.29, 1.82) is 0 Å². The molecule has 0 unspecified atom stereocenters. The number of carbonyl (C=O) groups is 1. The quantitative estimate of drug-likeness (QED) is 0.310. The van der Waals surface area contributed by atoms with Crippen LogP contribution in [0.3, 0.4) is 0 Å². The van der Waals surface area contributed by atoms with Crippen LogP contribution in [0.2, 0.25) is 0 Å². The SMILES string of the molecule is COc1cc(OC)c(OC)cc1/C=N/NC(=O)CSc1nnc(C)n1-c1ccccc1. The Bertz CT molecular complexity index is 1070. The molecule has 0 bridgehead atoms. The van der Waals surface area contributed by atoms with Crippen molar-refractivity contribution >= 4 is 23.9 Å². The molecule has 0 fully saturated rings. The molecular formula is C21H23N5O4S. The first-order chi connectivity index (χ1) is 15.1. The van der Waals surface area contributed by atoms with Gasteiger partial charge >= 0.3 is 0 Å². The molecule has 0 spiro atoms. The Morgan fingerprint density at radius 2 is 1.74 bits per heavy atom. The summed E-state index contributed by atoms with van der Waals surface area (Å²) in [7, 11) is 4.63. The summed E-state index contributed by atoms with van der Waals surface area (Å²) in [5.41, 5.74) is 4.08. The smallest absolute Gasteiger partial charge is 0.250 e. The minimum atomic E-state index is -0.277. The molecule has 10 heteroatoms. The van der Waals surface area contributed by atoms with Gasteiger partial charge in [0.05, 0.1) is 33.3 Å². The molecule has 0 radical (unpaired) electrons. The molecular weight excluding hydrogens is 418 g/mol. The fourth-order valence-corrected chi connectivity index (χ4v) is 3.59. The van der Waals surface area contributed by atoms with E-state index in [0.717, 1.165) is 11.5 Å². The normalized spacial score (nSPS) is 10.8. The van der Waals surface area contributed by atoms with E-state index in [2.05, 4.69) is 20.7 Å². The van der Waals surface area contributed by atoms with Crippen LogP contribution < -0.4 is 19.6 Å². The molecule has 0 saturated carbocycles. The highest BCUT2D eigenvalue weighted by Crippen LogP contribution is 2.33. The molecule has 1 heterocycles. The van der Waals surface area contributed by atoms with Crippen LogP contribution in [0.1, 0.15) is 11.4 Å². The Morgan fingerprint density at radius 1 is 1.06 bits per heavy atom. The molecule has 3 aromatic rings. The summed E-state index contributed by atoms with van der Waals surface area (Å²) in [5, 5.41) is 12.9. The molecule has 0 saturated heterocycles. The first kappa shape index (κ1) is 22.2. The number of aromatic nitrogens is 3. The van der Waals surface area contributed by atoms with Gasteiger partial charge in [0.15, 0.2) is 16.7 Å². The second-order valence-electron chi connectivity index (χ2n) is 6.23. The lowest BCUT2D eigenvalue weighted by Gasteiger charge is -2.11. The molecule has 0 aliphatic carbocycles. The number of nitrogens with one attached hydrogen (secondary N) is 1. The monoisotopic (exact) mass is 441 g/mol. The van der Waals surface area contributed by atoms with Crippen LogP contribution in [0.25, 0.3) is 5.69 Å². The van der Waals surface area contributed by atoms with Crippen molar-refractivity contribution in [3.05, 3.63) is 53.9 Å². The summed E-state index contributed by atoms with van der Waals surface area (Å²) in [5.74, 6) is 2.20. The number of para-hydroxylation sites is 1. The van der Waals surface area contributed by atoms with Gasteiger partial charge in [-0.15, -0.1) is 10.2 Å². The van der Waals surface area contributed by atoms with Crippen LogP contribution in [0.4, 0.5) is 0 Å². The van der Waals surface area contributed by atoms with E-state index in [1.807, 2.05) is 41.8 Å². The number of hydrazone groups is 1. The lowest BCUT2D eigenvalue weighted by atomic mass is 10.2. The number of thioether (sulfide) groups is 1. The topological polar surface area (TPSA) is 99.9 Å². The van der Waals surface area contributed by atoms with Crippen molar-refractivity contribution < 1.29 is 19.0 Å². The zero-order valence-electron chi connectivity index (χ0n) is 17.7. The van der Waals surface area contributed by atoms with E-state index in [0.29, 0.717) is 28.0 Å². The maximum Gasteiger partial charge on any atom is 0.250 e. The van der Waals surface area contributed by atoms with Crippen molar-refractivity contribution in [2.24, 2.45) is 5.10 Å². The number of nitrogens with zero attached hydrogens (tertiary/aromatic N) is 4. The number of aryl methyl sites for hydroxylation is 1. The van der Waals surface area contributed by atoms with Crippen LogP contribution in [-0.2, 0) is 4.79 Å². The van der Waals surface area contributed by atoms with Gasteiger partial charge in [0.1, 0.15) is 11.6 Å². The van der Waals surface area contributed by atoms with Crippen molar-refractivity contribution in [2.45, 2.75) is 12.1 Å². The first-order valence-corrected chi connectivity index (χ1v) is 10.3. The van der Waals surface area contributed by atoms with Crippen LogP contribution in [0.15, 0.2) is 52.7 Å². The van der Waals surface area contributed by atoms with Crippen molar-refractivity contribution in [2.75, 3.05) is 27.1 Å². The fourth-order valence-electron chi connectivity index (χ4n) is 2.80. The molecule has 0 aliphatic heterocycles. The predicted molar refractivity (Wildman–Crippen MR) is 119 cm³/mol. The van der Waals surface area contributed by atoms with E-state index in [9.17, 15) is 4.79 Å². The molecule has 1 aromatic heterocycles. The third-order valence-electron chi connectivity index (χ3n) is 4.27. The third kappa shape index (κ3) is 5.34. The van der Waals surface area contributed by atoms with E-state index in [1.54, 1.807) is 33.5 Å². The van der Waals surface area contributed by atoms with Gasteiger partial charge in [-0.3, -0.25) is 9.36 Å². The third-order valence-corrected chi connectivity index (χ3v) is 5.20. The Kier molecular flexibility index (Phi) is 7.50. The molecule has 1 N–H and O–H groups in total. The predicted octanol–water partition coefficient (Wildman–Crippen LogP) is 2.84. The Balaban J connectivity index is 1.64. The van der Waals surface area contributed by atoms with Crippen molar-refractivity contribution in [3.63, 3.8) is 0 Å². The van der Waals surface area contributed by atoms with Gasteiger partial charge in [0, 0.05) is 17.3 Å². The van der Waals surface area contributed by atoms with Crippen LogP contribution in [0, 0.1) is 6.92 Å². The minimum Gasteiger partial charge on any atom is -0.496 e. The average Bonchev–Trinajstić information content (AvgIpc) is 3.18. The van der Waals surface area contributed by atoms with Gasteiger partial charge in [-0.1, -0.05) is 30.0 Å². The highest BCUT2D eigenvalue weighted by molar-refractivity contribution is 7.99. The molecule has 2 aromatic carbocycles. The zero-order chi connectivity index (χ0) is 22.2. The van der Waals surface area contributed by atoms with E-state index in [1.165, 1.54) is 18.0 Å². The summed E-state index contributed by atoms with van der Waals surface area (Å²) in [6, 6.07) is 13.1. The summed E-state index contributed by atoms with van der Waals surface area (Å²) in [6.45, 7) is 1.87. The van der Waals surface area contributed by atoms with Gasteiger partial charge in [-0.2, -0.15) is 5.10 Å². The molecule has 1 amide bonds. The minimum absolute atomic E-state index is 0.130. The van der Waals surface area contributed by atoms with Crippen molar-refractivity contribution in [1.82, 2.24) is 20.2 Å². The molecule has 9 nitrogen and oxygen atoms in total. The summed E-state index contributed by atoms with van der Waals surface area (Å²) in [6.07, 6.45) is 1.49. The second-order valence-corrected chi connectivity index (χ2v) is 7.17. The van der Waals surface area contributed by atoms with Gasteiger partial charge < -0.3 is 14.2 Å². The lowest BCUT2D eigenvalue weighted by molar-refractivity contribution is -0.118. The first-order valence-electron chi connectivity index (χ1n) is 9.29. The Hall–Kier alpha value is -3.53. The number of carbonyl (C=O) groups excluding carboxylic acids is 1. The lowest BCUT2D eigenvalue weighted by Crippen LogP contribution is -2.20. The van der Waals surface area contributed by atoms with E-state index >= 15 is 0 Å². The maximum atomic E-state index is 12.3. The summed E-state index contributed by atoms with van der Waals surface area (Å²) < 4.78 is 17.8. The van der Waals surface area contributed by atoms with Crippen molar-refractivity contribution in [3.8, 4) is 22.9 Å². The van der Waals surface area contributed by atoms with Crippen LogP contribution in [0.5, 0.6) is 17.2 Å². The molecule has 3 rings (SSSR count). The number of benzene rings is 2. The van der Waals surface area contributed by atoms with Crippen LogP contribution in [-0.4, -0.2) is 54.0 Å². The van der Waals surface area contributed by atoms with E-state index < -0.39 is 0 Å².